The summed E-state index contributed by atoms with van der Waals surface area (Å²) in [7, 11) is 0. The summed E-state index contributed by atoms with van der Waals surface area (Å²) in [5.74, 6) is 0. The number of rotatable bonds is 2. The predicted octanol–water partition coefficient (Wildman–Crippen LogP) is 3.32. The molecule has 1 aromatic rings. The Bertz CT molecular complexity index is 299. The Morgan fingerprint density at radius 1 is 1.58 bits per heavy atom. The molecule has 1 N–H and O–H groups in total. The maximum Gasteiger partial charge on any atom is 0.0969 e. The lowest BCUT2D eigenvalue weighted by molar-refractivity contribution is 0.229. The minimum atomic E-state index is -0.643. The highest BCUT2D eigenvalue weighted by atomic mass is 79.9. The molecule has 1 atom stereocenters. The van der Waals surface area contributed by atoms with Gasteiger partial charge in [0.1, 0.15) is 0 Å². The van der Waals surface area contributed by atoms with Crippen molar-refractivity contribution in [3.8, 4) is 0 Å². The molecular weight excluding hydrogens is 239 g/mol. The molecule has 0 fully saturated rings. The average Bonchev–Trinajstić information content (AvgIpc) is 2.08. The van der Waals surface area contributed by atoms with Gasteiger partial charge >= 0.3 is 0 Å². The standard InChI is InChI=1S/C9H8BrClO/c1-2-9(12)6-3-4-7(10)8(11)5-6/h2-5,9,12H,1H2. The van der Waals surface area contributed by atoms with Crippen LogP contribution in [0.2, 0.25) is 5.02 Å². The number of hydrogen-bond acceptors (Lipinski definition) is 1. The Kier molecular flexibility index (Phi) is 3.32. The molecule has 0 bridgehead atoms. The molecule has 0 aliphatic heterocycles. The lowest BCUT2D eigenvalue weighted by Crippen LogP contribution is -1.91. The number of halogens is 2. The van der Waals surface area contributed by atoms with Gasteiger partial charge in [0.05, 0.1) is 11.1 Å². The van der Waals surface area contributed by atoms with Gasteiger partial charge in [-0.15, -0.1) is 6.58 Å². The van der Waals surface area contributed by atoms with Gasteiger partial charge in [-0.2, -0.15) is 0 Å². The maximum atomic E-state index is 9.35. The van der Waals surface area contributed by atoms with E-state index in [9.17, 15) is 5.11 Å². The van der Waals surface area contributed by atoms with Crippen LogP contribution in [0.4, 0.5) is 0 Å². The molecule has 0 aliphatic carbocycles. The molecule has 0 aliphatic rings. The van der Waals surface area contributed by atoms with Crippen LogP contribution in [0, 0.1) is 0 Å². The van der Waals surface area contributed by atoms with Gasteiger partial charge in [0.25, 0.3) is 0 Å². The van der Waals surface area contributed by atoms with Crippen molar-refractivity contribution in [2.75, 3.05) is 0 Å². The molecule has 12 heavy (non-hydrogen) atoms. The van der Waals surface area contributed by atoms with E-state index in [2.05, 4.69) is 22.5 Å². The average molecular weight is 248 g/mol. The summed E-state index contributed by atoms with van der Waals surface area (Å²) >= 11 is 9.08. The van der Waals surface area contributed by atoms with Gasteiger partial charge < -0.3 is 5.11 Å². The molecule has 0 saturated carbocycles. The van der Waals surface area contributed by atoms with Crippen LogP contribution >= 0.6 is 27.5 Å². The van der Waals surface area contributed by atoms with E-state index in [1.165, 1.54) is 6.08 Å². The summed E-state index contributed by atoms with van der Waals surface area (Å²) in [6.07, 6.45) is 0.815. The van der Waals surface area contributed by atoms with Gasteiger partial charge in [-0.1, -0.05) is 23.7 Å². The van der Waals surface area contributed by atoms with E-state index < -0.39 is 6.10 Å². The second kappa shape index (κ2) is 4.08. The fourth-order valence-corrected chi connectivity index (χ4v) is 1.27. The van der Waals surface area contributed by atoms with E-state index >= 15 is 0 Å². The van der Waals surface area contributed by atoms with Crippen LogP contribution in [-0.4, -0.2) is 5.11 Å². The Balaban J connectivity index is 3.04. The van der Waals surface area contributed by atoms with Crippen LogP contribution in [0.1, 0.15) is 11.7 Å². The normalized spacial score (nSPS) is 12.6. The first kappa shape index (κ1) is 9.78. The van der Waals surface area contributed by atoms with Crippen LogP contribution in [0.25, 0.3) is 0 Å². The molecule has 0 spiro atoms. The summed E-state index contributed by atoms with van der Waals surface area (Å²) in [6.45, 7) is 3.48. The summed E-state index contributed by atoms with van der Waals surface area (Å²) in [5.41, 5.74) is 0.748. The fraction of sp³-hybridized carbons (Fsp3) is 0.111. The summed E-state index contributed by atoms with van der Waals surface area (Å²) < 4.78 is 0.823. The minimum Gasteiger partial charge on any atom is -0.384 e. The first-order chi connectivity index (χ1) is 5.65. The van der Waals surface area contributed by atoms with Crippen LogP contribution in [0.15, 0.2) is 35.3 Å². The monoisotopic (exact) mass is 246 g/mol. The van der Waals surface area contributed by atoms with E-state index in [1.54, 1.807) is 18.2 Å². The van der Waals surface area contributed by atoms with Crippen LogP contribution in [-0.2, 0) is 0 Å². The third-order valence-corrected chi connectivity index (χ3v) is 2.74. The van der Waals surface area contributed by atoms with Crippen molar-refractivity contribution in [2.45, 2.75) is 6.10 Å². The molecule has 0 radical (unpaired) electrons. The van der Waals surface area contributed by atoms with Crippen molar-refractivity contribution in [2.24, 2.45) is 0 Å². The lowest BCUT2D eigenvalue weighted by atomic mass is 10.1. The molecule has 3 heteroatoms. The second-order valence-corrected chi connectivity index (χ2v) is 3.62. The predicted molar refractivity (Wildman–Crippen MR) is 54.3 cm³/mol. The molecule has 1 nitrogen and oxygen atoms in total. The Hall–Kier alpha value is -0.310. The largest absolute Gasteiger partial charge is 0.384 e. The number of aliphatic hydroxyl groups excluding tert-OH is 1. The maximum absolute atomic E-state index is 9.35. The molecule has 64 valence electrons. The first-order valence-electron chi connectivity index (χ1n) is 3.40. The van der Waals surface area contributed by atoms with Gasteiger partial charge in [-0.05, 0) is 33.6 Å². The SMILES string of the molecule is C=CC(O)c1ccc(Br)c(Cl)c1. The van der Waals surface area contributed by atoms with Crippen molar-refractivity contribution in [3.63, 3.8) is 0 Å². The van der Waals surface area contributed by atoms with Gasteiger partial charge in [0.2, 0.25) is 0 Å². The lowest BCUT2D eigenvalue weighted by Gasteiger charge is -2.05. The Morgan fingerprint density at radius 2 is 2.25 bits per heavy atom. The van der Waals surface area contributed by atoms with E-state index in [4.69, 9.17) is 11.6 Å². The molecule has 0 aromatic heterocycles. The molecular formula is C9H8BrClO. The van der Waals surface area contributed by atoms with Crippen LogP contribution in [0.3, 0.4) is 0 Å². The highest BCUT2D eigenvalue weighted by Crippen LogP contribution is 2.26. The van der Waals surface area contributed by atoms with Gasteiger partial charge in [0, 0.05) is 4.47 Å². The molecule has 1 aromatic carbocycles. The van der Waals surface area contributed by atoms with Crippen molar-refractivity contribution >= 4 is 27.5 Å². The van der Waals surface area contributed by atoms with E-state index in [0.717, 1.165) is 10.0 Å². The fourth-order valence-electron chi connectivity index (χ4n) is 0.832. The van der Waals surface area contributed by atoms with Crippen LogP contribution in [0.5, 0.6) is 0 Å². The topological polar surface area (TPSA) is 20.2 Å². The number of benzene rings is 1. The third kappa shape index (κ3) is 2.09. The van der Waals surface area contributed by atoms with Crippen molar-refractivity contribution in [1.82, 2.24) is 0 Å². The molecule has 0 amide bonds. The number of aliphatic hydroxyl groups is 1. The quantitative estimate of drug-likeness (QED) is 0.795. The van der Waals surface area contributed by atoms with Gasteiger partial charge in [-0.3, -0.25) is 0 Å². The zero-order chi connectivity index (χ0) is 9.14. The van der Waals surface area contributed by atoms with E-state index in [0.29, 0.717) is 5.02 Å². The molecule has 1 unspecified atom stereocenters. The van der Waals surface area contributed by atoms with E-state index in [-0.39, 0.29) is 0 Å². The van der Waals surface area contributed by atoms with Crippen molar-refractivity contribution in [1.29, 1.82) is 0 Å². The highest BCUT2D eigenvalue weighted by Gasteiger charge is 2.04. The summed E-state index contributed by atoms with van der Waals surface area (Å²) in [5, 5.41) is 9.94. The smallest absolute Gasteiger partial charge is 0.0969 e. The molecule has 0 heterocycles. The van der Waals surface area contributed by atoms with Gasteiger partial charge in [0.15, 0.2) is 0 Å². The van der Waals surface area contributed by atoms with Gasteiger partial charge in [-0.25, -0.2) is 0 Å². The number of hydrogen-bond donors (Lipinski definition) is 1. The molecule has 1 rings (SSSR count). The third-order valence-electron chi connectivity index (χ3n) is 1.51. The highest BCUT2D eigenvalue weighted by molar-refractivity contribution is 9.10. The molecule has 0 saturated heterocycles. The van der Waals surface area contributed by atoms with E-state index in [1.807, 2.05) is 0 Å². The first-order valence-corrected chi connectivity index (χ1v) is 4.58. The van der Waals surface area contributed by atoms with Crippen molar-refractivity contribution in [3.05, 3.63) is 45.9 Å². The van der Waals surface area contributed by atoms with Crippen LogP contribution < -0.4 is 0 Å². The Labute approximate surface area is 84.8 Å². The summed E-state index contributed by atoms with van der Waals surface area (Å²) in [4.78, 5) is 0. The second-order valence-electron chi connectivity index (χ2n) is 2.35. The Morgan fingerprint density at radius 3 is 2.75 bits per heavy atom. The minimum absolute atomic E-state index is 0.591. The van der Waals surface area contributed by atoms with Crippen molar-refractivity contribution < 1.29 is 5.11 Å². The zero-order valence-corrected chi connectivity index (χ0v) is 8.64. The summed E-state index contributed by atoms with van der Waals surface area (Å²) in [6, 6.07) is 5.30. The zero-order valence-electron chi connectivity index (χ0n) is 6.30.